The lowest BCUT2D eigenvalue weighted by molar-refractivity contribution is -0.143. The number of carbonyl (C=O) groups is 1. The highest BCUT2D eigenvalue weighted by molar-refractivity contribution is 5.70. The molecule has 0 aliphatic heterocycles. The lowest BCUT2D eigenvalue weighted by Crippen LogP contribution is -2.18. The van der Waals surface area contributed by atoms with Gasteiger partial charge in [0.2, 0.25) is 0 Å². The monoisotopic (exact) mass is 434 g/mol. The van der Waals surface area contributed by atoms with Crippen LogP contribution in [0.25, 0.3) is 0 Å². The summed E-state index contributed by atoms with van der Waals surface area (Å²) >= 11 is 0. The van der Waals surface area contributed by atoms with Crippen LogP contribution in [0.4, 0.5) is 0 Å². The Hall–Kier alpha value is -1.81. The molecular formula is C27H46O4. The van der Waals surface area contributed by atoms with Crippen molar-refractivity contribution in [3.05, 3.63) is 41.5 Å². The normalized spacial score (nSPS) is 13.2. The molecule has 0 spiro atoms. The van der Waals surface area contributed by atoms with E-state index < -0.39 is 5.97 Å². The Balaban J connectivity index is 0.00000436. The molecule has 2 unspecified atom stereocenters. The second-order valence-electron chi connectivity index (χ2n) is 8.63. The Morgan fingerprint density at radius 2 is 1.68 bits per heavy atom. The molecule has 0 heterocycles. The van der Waals surface area contributed by atoms with Gasteiger partial charge >= 0.3 is 5.97 Å². The molecule has 4 nitrogen and oxygen atoms in total. The minimum Gasteiger partial charge on any atom is -0.493 e. The molecule has 0 amide bonds. The number of allylic oxidation sites excluding steroid dienone is 2. The van der Waals surface area contributed by atoms with Crippen LogP contribution in [0.1, 0.15) is 71.9 Å². The van der Waals surface area contributed by atoms with Gasteiger partial charge in [-0.2, -0.15) is 0 Å². The maximum atomic E-state index is 11.3. The van der Waals surface area contributed by atoms with Gasteiger partial charge in [-0.05, 0) is 61.1 Å². The van der Waals surface area contributed by atoms with Crippen LogP contribution < -0.4 is 4.74 Å². The van der Waals surface area contributed by atoms with Crippen LogP contribution in [-0.4, -0.2) is 31.4 Å². The van der Waals surface area contributed by atoms with E-state index in [-0.39, 0.29) is 11.8 Å². The summed E-state index contributed by atoms with van der Waals surface area (Å²) in [4.78, 5) is 11.3. The number of hydrogen-bond donors (Lipinski definition) is 1. The number of rotatable bonds is 14. The molecule has 1 rings (SSSR count). The van der Waals surface area contributed by atoms with E-state index in [1.54, 1.807) is 7.11 Å². The summed E-state index contributed by atoms with van der Waals surface area (Å²) in [6.45, 7) is 15.9. The topological polar surface area (TPSA) is 55.8 Å². The first-order chi connectivity index (χ1) is 14.8. The van der Waals surface area contributed by atoms with Gasteiger partial charge in [0.05, 0.1) is 12.5 Å². The van der Waals surface area contributed by atoms with Gasteiger partial charge in [0, 0.05) is 20.1 Å². The molecule has 1 N–H and O–H groups in total. The van der Waals surface area contributed by atoms with Crippen molar-refractivity contribution in [1.82, 2.24) is 0 Å². The summed E-state index contributed by atoms with van der Waals surface area (Å²) in [5.41, 5.74) is 2.44. The Labute approximate surface area is 191 Å². The van der Waals surface area contributed by atoms with Crippen molar-refractivity contribution in [2.45, 2.75) is 74.1 Å². The third-order valence-electron chi connectivity index (χ3n) is 5.56. The fraction of sp³-hybridized carbons (Fsp3) is 0.667. The summed E-state index contributed by atoms with van der Waals surface area (Å²) in [7, 11) is 1.71. The SMILES string of the molecule is CC.COCCCOc1cc(CC(C/C=C/CC(C(=O)O)C(C)C)C(C)C)ccc1C. The van der Waals surface area contributed by atoms with Crippen molar-refractivity contribution in [3.63, 3.8) is 0 Å². The van der Waals surface area contributed by atoms with Gasteiger partial charge in [-0.15, -0.1) is 0 Å². The average molecular weight is 435 g/mol. The number of carboxylic acids is 1. The summed E-state index contributed by atoms with van der Waals surface area (Å²) < 4.78 is 11.0. The number of benzene rings is 1. The zero-order valence-electron chi connectivity index (χ0n) is 21.1. The molecule has 0 fully saturated rings. The van der Waals surface area contributed by atoms with Crippen LogP contribution in [0.15, 0.2) is 30.4 Å². The number of carboxylic acid groups (broad SMARTS) is 1. The summed E-state index contributed by atoms with van der Waals surface area (Å²) in [5, 5.41) is 9.32. The van der Waals surface area contributed by atoms with Gasteiger partial charge in [0.25, 0.3) is 0 Å². The van der Waals surface area contributed by atoms with E-state index in [2.05, 4.69) is 45.0 Å². The highest BCUT2D eigenvalue weighted by Crippen LogP contribution is 2.26. The van der Waals surface area contributed by atoms with Crippen LogP contribution in [0.2, 0.25) is 0 Å². The Morgan fingerprint density at radius 3 is 2.23 bits per heavy atom. The molecule has 0 saturated carbocycles. The molecule has 1 aromatic carbocycles. The number of aliphatic carboxylic acids is 1. The second kappa shape index (κ2) is 16.8. The third kappa shape index (κ3) is 12.0. The smallest absolute Gasteiger partial charge is 0.307 e. The quantitative estimate of drug-likeness (QED) is 0.254. The van der Waals surface area contributed by atoms with Crippen LogP contribution in [0.3, 0.4) is 0 Å². The van der Waals surface area contributed by atoms with E-state index >= 15 is 0 Å². The maximum absolute atomic E-state index is 11.3. The van der Waals surface area contributed by atoms with Crippen LogP contribution in [-0.2, 0) is 16.0 Å². The molecule has 0 aliphatic carbocycles. The number of methoxy groups -OCH3 is 1. The molecule has 1 aromatic rings. The predicted molar refractivity (Wildman–Crippen MR) is 131 cm³/mol. The van der Waals surface area contributed by atoms with Crippen molar-refractivity contribution in [1.29, 1.82) is 0 Å². The Morgan fingerprint density at radius 1 is 1.03 bits per heavy atom. The first-order valence-corrected chi connectivity index (χ1v) is 11.8. The van der Waals surface area contributed by atoms with E-state index in [0.29, 0.717) is 31.5 Å². The minimum atomic E-state index is -0.706. The van der Waals surface area contributed by atoms with Gasteiger partial charge in [-0.25, -0.2) is 0 Å². The van der Waals surface area contributed by atoms with E-state index in [9.17, 15) is 9.90 Å². The van der Waals surface area contributed by atoms with Crippen molar-refractivity contribution < 1.29 is 19.4 Å². The van der Waals surface area contributed by atoms with Crippen LogP contribution >= 0.6 is 0 Å². The predicted octanol–water partition coefficient (Wildman–Crippen LogP) is 6.94. The lowest BCUT2D eigenvalue weighted by atomic mass is 9.85. The molecule has 0 aliphatic rings. The van der Waals surface area contributed by atoms with Crippen molar-refractivity contribution >= 4 is 5.97 Å². The highest BCUT2D eigenvalue weighted by atomic mass is 16.5. The molecular weight excluding hydrogens is 388 g/mol. The first kappa shape index (κ1) is 29.2. The molecule has 4 heteroatoms. The fourth-order valence-electron chi connectivity index (χ4n) is 3.38. The zero-order chi connectivity index (χ0) is 23.8. The maximum Gasteiger partial charge on any atom is 0.307 e. The molecule has 31 heavy (non-hydrogen) atoms. The number of hydrogen-bond acceptors (Lipinski definition) is 3. The van der Waals surface area contributed by atoms with Gasteiger partial charge in [0.1, 0.15) is 5.75 Å². The molecule has 2 atom stereocenters. The van der Waals surface area contributed by atoms with E-state index in [1.807, 2.05) is 33.8 Å². The van der Waals surface area contributed by atoms with Gasteiger partial charge in [-0.1, -0.05) is 65.8 Å². The summed E-state index contributed by atoms with van der Waals surface area (Å²) in [6.07, 6.45) is 7.64. The van der Waals surface area contributed by atoms with E-state index in [4.69, 9.17) is 9.47 Å². The molecule has 0 radical (unpaired) electrons. The number of aryl methyl sites for hydroxylation is 1. The lowest BCUT2D eigenvalue weighted by Gasteiger charge is -2.20. The third-order valence-corrected chi connectivity index (χ3v) is 5.56. The molecule has 0 saturated heterocycles. The fourth-order valence-corrected chi connectivity index (χ4v) is 3.38. The van der Waals surface area contributed by atoms with E-state index in [1.165, 1.54) is 5.56 Å². The van der Waals surface area contributed by atoms with Crippen molar-refractivity contribution in [3.8, 4) is 5.75 Å². The number of ether oxygens (including phenoxy) is 2. The molecule has 178 valence electrons. The Bertz CT molecular complexity index is 634. The summed E-state index contributed by atoms with van der Waals surface area (Å²) in [6, 6.07) is 6.49. The molecule has 0 bridgehead atoms. The van der Waals surface area contributed by atoms with Crippen LogP contribution in [0, 0.1) is 30.6 Å². The second-order valence-corrected chi connectivity index (χ2v) is 8.63. The highest BCUT2D eigenvalue weighted by Gasteiger charge is 2.20. The average Bonchev–Trinajstić information content (AvgIpc) is 2.72. The Kier molecular flexibility index (Phi) is 15.8. The van der Waals surface area contributed by atoms with Crippen molar-refractivity contribution in [2.24, 2.45) is 23.7 Å². The first-order valence-electron chi connectivity index (χ1n) is 11.8. The standard InChI is InChI=1S/C25H40O4.C2H6/c1-18(2)22(10-7-8-11-23(19(3)4)25(26)27)16-21-13-12-20(5)24(17-21)29-15-9-14-28-6;1-2/h7-8,12-13,17-19,22-23H,9-11,14-16H2,1-6H3,(H,26,27);1-2H3/b8-7+;. The molecule has 0 aromatic heterocycles. The van der Waals surface area contributed by atoms with Gasteiger partial charge in [0.15, 0.2) is 0 Å². The summed E-state index contributed by atoms with van der Waals surface area (Å²) in [5.74, 6) is 1.15. The van der Waals surface area contributed by atoms with E-state index in [0.717, 1.165) is 30.6 Å². The van der Waals surface area contributed by atoms with Crippen LogP contribution in [0.5, 0.6) is 5.75 Å². The zero-order valence-corrected chi connectivity index (χ0v) is 21.1. The van der Waals surface area contributed by atoms with Crippen molar-refractivity contribution in [2.75, 3.05) is 20.3 Å². The minimum absolute atomic E-state index is 0.146. The largest absolute Gasteiger partial charge is 0.493 e. The van der Waals surface area contributed by atoms with Gasteiger partial charge in [-0.3, -0.25) is 4.79 Å². The van der Waals surface area contributed by atoms with Gasteiger partial charge < -0.3 is 14.6 Å².